The van der Waals surface area contributed by atoms with Gasteiger partial charge in [-0.1, -0.05) is 18.2 Å². The minimum absolute atomic E-state index is 0.0535. The number of anilines is 1. The Morgan fingerprint density at radius 3 is 2.68 bits per heavy atom. The summed E-state index contributed by atoms with van der Waals surface area (Å²) >= 11 is 0. The fraction of sp³-hybridized carbons (Fsp3) is 0.0800. The lowest BCUT2D eigenvalue weighted by molar-refractivity contribution is -0.137. The molecule has 5 aromatic rings. The molecule has 170 valence electrons. The number of nitrogens with zero attached hydrogens (tertiary/aromatic N) is 2. The van der Waals surface area contributed by atoms with Crippen molar-refractivity contribution >= 4 is 33.5 Å². The molecule has 2 N–H and O–H groups in total. The van der Waals surface area contributed by atoms with E-state index >= 15 is 0 Å². The normalized spacial score (nSPS) is 11.6. The van der Waals surface area contributed by atoms with Crippen LogP contribution >= 0.6 is 0 Å². The molecular formula is C25H17F3N4O2. The van der Waals surface area contributed by atoms with Crippen LogP contribution in [0.4, 0.5) is 18.9 Å². The van der Waals surface area contributed by atoms with Crippen molar-refractivity contribution < 1.29 is 22.7 Å². The molecule has 6 nitrogen and oxygen atoms in total. The highest BCUT2D eigenvalue weighted by molar-refractivity contribution is 6.07. The molecule has 5 rings (SSSR count). The van der Waals surface area contributed by atoms with Gasteiger partial charge in [-0.2, -0.15) is 13.2 Å². The summed E-state index contributed by atoms with van der Waals surface area (Å²) in [6.45, 7) is 0. The third-order valence-corrected chi connectivity index (χ3v) is 5.50. The first-order chi connectivity index (χ1) is 16.3. The minimum Gasteiger partial charge on any atom is -0.496 e. The van der Waals surface area contributed by atoms with Crippen LogP contribution in [0.25, 0.3) is 33.1 Å². The van der Waals surface area contributed by atoms with E-state index in [-0.39, 0.29) is 11.3 Å². The molecule has 0 saturated carbocycles. The van der Waals surface area contributed by atoms with E-state index in [1.165, 1.54) is 25.6 Å². The maximum Gasteiger partial charge on any atom is 0.416 e. The highest BCUT2D eigenvalue weighted by Gasteiger charge is 2.30. The Kier molecular flexibility index (Phi) is 5.16. The summed E-state index contributed by atoms with van der Waals surface area (Å²) in [4.78, 5) is 24.4. The topological polar surface area (TPSA) is 79.9 Å². The Morgan fingerprint density at radius 1 is 1.03 bits per heavy atom. The molecule has 1 amide bonds. The van der Waals surface area contributed by atoms with Crippen LogP contribution in [0.2, 0.25) is 0 Å². The van der Waals surface area contributed by atoms with E-state index in [4.69, 9.17) is 4.74 Å². The van der Waals surface area contributed by atoms with Gasteiger partial charge in [0.15, 0.2) is 0 Å². The lowest BCUT2D eigenvalue weighted by Crippen LogP contribution is -2.13. The molecule has 0 unspecified atom stereocenters. The van der Waals surface area contributed by atoms with E-state index in [2.05, 4.69) is 20.3 Å². The van der Waals surface area contributed by atoms with E-state index in [0.717, 1.165) is 34.0 Å². The summed E-state index contributed by atoms with van der Waals surface area (Å²) in [7, 11) is 1.53. The Morgan fingerprint density at radius 2 is 1.88 bits per heavy atom. The van der Waals surface area contributed by atoms with Gasteiger partial charge >= 0.3 is 6.18 Å². The Labute approximate surface area is 191 Å². The molecule has 0 aliphatic rings. The van der Waals surface area contributed by atoms with E-state index in [9.17, 15) is 18.0 Å². The van der Waals surface area contributed by atoms with Gasteiger partial charge in [-0.05, 0) is 48.0 Å². The average molecular weight is 462 g/mol. The number of nitrogens with one attached hydrogen (secondary N) is 2. The largest absolute Gasteiger partial charge is 0.496 e. The first-order valence-corrected chi connectivity index (χ1v) is 10.2. The lowest BCUT2D eigenvalue weighted by atomic mass is 10.00. The van der Waals surface area contributed by atoms with Crippen molar-refractivity contribution in [2.24, 2.45) is 0 Å². The maximum absolute atomic E-state index is 13.0. The van der Waals surface area contributed by atoms with E-state index in [0.29, 0.717) is 17.0 Å². The molecular weight excluding hydrogens is 445 g/mol. The van der Waals surface area contributed by atoms with Crippen LogP contribution in [0.5, 0.6) is 5.75 Å². The first-order valence-electron chi connectivity index (χ1n) is 10.2. The predicted octanol–water partition coefficient (Wildman–Crippen LogP) is 6.06. The SMILES string of the molecule is COc1ccc(C(=O)Nc2cccc(C(F)(F)F)c2)cc1-c1ccc2c(c1)[nH]c1ncncc12. The number of halogens is 3. The van der Waals surface area contributed by atoms with Crippen LogP contribution in [0, 0.1) is 0 Å². The van der Waals surface area contributed by atoms with Crippen molar-refractivity contribution in [1.82, 2.24) is 15.0 Å². The van der Waals surface area contributed by atoms with Gasteiger partial charge in [-0.15, -0.1) is 0 Å². The Balaban J connectivity index is 1.50. The van der Waals surface area contributed by atoms with Gasteiger partial charge in [0.1, 0.15) is 17.7 Å². The van der Waals surface area contributed by atoms with E-state index in [1.807, 2.05) is 18.2 Å². The van der Waals surface area contributed by atoms with Gasteiger partial charge in [0.2, 0.25) is 0 Å². The zero-order valence-electron chi connectivity index (χ0n) is 17.8. The molecule has 0 fully saturated rings. The lowest BCUT2D eigenvalue weighted by Gasteiger charge is -2.13. The number of carbonyl (C=O) groups is 1. The number of H-pyrrole nitrogens is 1. The van der Waals surface area contributed by atoms with Gasteiger partial charge < -0.3 is 15.0 Å². The molecule has 0 bridgehead atoms. The molecule has 0 radical (unpaired) electrons. The Hall–Kier alpha value is -4.40. The quantitative estimate of drug-likeness (QED) is 0.340. The fourth-order valence-corrected chi connectivity index (χ4v) is 3.86. The number of methoxy groups -OCH3 is 1. The number of rotatable bonds is 4. The van der Waals surface area contributed by atoms with Crippen molar-refractivity contribution in [3.05, 3.63) is 84.3 Å². The molecule has 9 heteroatoms. The monoisotopic (exact) mass is 462 g/mol. The van der Waals surface area contributed by atoms with Crippen LogP contribution in [0.15, 0.2) is 73.2 Å². The summed E-state index contributed by atoms with van der Waals surface area (Å²) in [5.41, 5.74) is 2.49. The third kappa shape index (κ3) is 3.92. The average Bonchev–Trinajstić information content (AvgIpc) is 3.21. The Bertz CT molecular complexity index is 1540. The highest BCUT2D eigenvalue weighted by atomic mass is 19.4. The zero-order chi connectivity index (χ0) is 23.9. The fourth-order valence-electron chi connectivity index (χ4n) is 3.86. The summed E-state index contributed by atoms with van der Waals surface area (Å²) in [6.07, 6.45) is -1.30. The number of ether oxygens (including phenoxy) is 1. The van der Waals surface area contributed by atoms with Crippen molar-refractivity contribution in [2.75, 3.05) is 12.4 Å². The second kappa shape index (κ2) is 8.18. The van der Waals surface area contributed by atoms with Crippen LogP contribution < -0.4 is 10.1 Å². The number of hydrogen-bond acceptors (Lipinski definition) is 4. The van der Waals surface area contributed by atoms with Gasteiger partial charge in [-0.3, -0.25) is 4.79 Å². The second-order valence-electron chi connectivity index (χ2n) is 7.62. The standard InChI is InChI=1S/C25H17F3N4O2/c1-34-22-8-6-15(24(33)31-17-4-2-3-16(11-17)25(26,27)28)9-19(22)14-5-7-18-20-12-29-13-30-23(20)32-21(18)10-14/h2-13H,1H3,(H,31,33)(H,29,30,32). The molecule has 2 heterocycles. The highest BCUT2D eigenvalue weighted by Crippen LogP contribution is 2.35. The number of aromatic amines is 1. The van der Waals surface area contributed by atoms with Crippen LogP contribution in [-0.4, -0.2) is 28.0 Å². The predicted molar refractivity (Wildman–Crippen MR) is 123 cm³/mol. The number of amides is 1. The molecule has 34 heavy (non-hydrogen) atoms. The van der Waals surface area contributed by atoms with Crippen molar-refractivity contribution in [3.8, 4) is 16.9 Å². The molecule has 3 aromatic carbocycles. The van der Waals surface area contributed by atoms with Gasteiger partial charge in [0.05, 0.1) is 12.7 Å². The summed E-state index contributed by atoms with van der Waals surface area (Å²) in [6, 6.07) is 15.1. The van der Waals surface area contributed by atoms with E-state index in [1.54, 1.807) is 24.4 Å². The molecule has 0 spiro atoms. The summed E-state index contributed by atoms with van der Waals surface area (Å²) < 4.78 is 44.5. The third-order valence-electron chi connectivity index (χ3n) is 5.50. The number of alkyl halides is 3. The van der Waals surface area contributed by atoms with Crippen molar-refractivity contribution in [3.63, 3.8) is 0 Å². The van der Waals surface area contributed by atoms with Gasteiger partial charge in [-0.25, -0.2) is 9.97 Å². The summed E-state index contributed by atoms with van der Waals surface area (Å²) in [5, 5.41) is 4.38. The van der Waals surface area contributed by atoms with Crippen LogP contribution in [0.3, 0.4) is 0 Å². The zero-order valence-corrected chi connectivity index (χ0v) is 17.8. The van der Waals surface area contributed by atoms with Gasteiger partial charge in [0.25, 0.3) is 5.91 Å². The molecule has 0 aliphatic heterocycles. The van der Waals surface area contributed by atoms with Crippen LogP contribution in [0.1, 0.15) is 15.9 Å². The molecule has 0 atom stereocenters. The molecule has 0 aliphatic carbocycles. The number of carbonyl (C=O) groups excluding carboxylic acids is 1. The number of aromatic nitrogens is 3. The van der Waals surface area contributed by atoms with Crippen LogP contribution in [-0.2, 0) is 6.18 Å². The first kappa shape index (κ1) is 21.4. The second-order valence-corrected chi connectivity index (χ2v) is 7.62. The van der Waals surface area contributed by atoms with Gasteiger partial charge in [0, 0.05) is 39.3 Å². The molecule has 2 aromatic heterocycles. The van der Waals surface area contributed by atoms with E-state index < -0.39 is 17.6 Å². The smallest absolute Gasteiger partial charge is 0.416 e. The van der Waals surface area contributed by atoms with Crippen molar-refractivity contribution in [2.45, 2.75) is 6.18 Å². The minimum atomic E-state index is -4.50. The maximum atomic E-state index is 13.0. The molecule has 0 saturated heterocycles. The summed E-state index contributed by atoms with van der Waals surface area (Å²) in [5.74, 6) is 0.0102. The van der Waals surface area contributed by atoms with Crippen molar-refractivity contribution in [1.29, 1.82) is 0 Å². The number of benzene rings is 3. The number of fused-ring (bicyclic) bond motifs is 3. The number of hydrogen-bond donors (Lipinski definition) is 2.